The Morgan fingerprint density at radius 2 is 0.923 bits per heavy atom. The van der Waals surface area contributed by atoms with Gasteiger partial charge >= 0.3 is 5.97 Å². The van der Waals surface area contributed by atoms with Gasteiger partial charge in [0.25, 0.3) is 0 Å². The van der Waals surface area contributed by atoms with Gasteiger partial charge in [-0.3, -0.25) is 14.4 Å². The monoisotopic (exact) mass is 720 g/mol. The number of Topliss-reactive ketones (excluding diaryl/α,β-unsaturated/α-hetero) is 1. The molecule has 2 aromatic carbocycles. The summed E-state index contributed by atoms with van der Waals surface area (Å²) in [5.41, 5.74) is 0.0448. The molecule has 3 rings (SSSR count). The number of ketones is 1. The quantitative estimate of drug-likeness (QED) is 0.218. The van der Waals surface area contributed by atoms with Crippen LogP contribution in [-0.4, -0.2) is 50.0 Å². The maximum absolute atomic E-state index is 15.1. The highest BCUT2D eigenvalue weighted by Gasteiger charge is 2.51. The lowest BCUT2D eigenvalue weighted by Crippen LogP contribution is -2.64. The van der Waals surface area contributed by atoms with Gasteiger partial charge in [-0.25, -0.2) is 0 Å². The van der Waals surface area contributed by atoms with Crippen LogP contribution >= 0.6 is 0 Å². The second kappa shape index (κ2) is 13.8. The number of piperidine rings is 1. The first-order chi connectivity index (χ1) is 23.1. The van der Waals surface area contributed by atoms with Crippen LogP contribution in [0, 0.1) is 5.41 Å². The number of rotatable bonds is 7. The normalized spacial score (nSPS) is 17.2. The number of carbonyl (C=O) groups excluding carboxylic acids is 3. The van der Waals surface area contributed by atoms with Gasteiger partial charge in [0.05, 0.1) is 0 Å². The van der Waals surface area contributed by atoms with Gasteiger partial charge in [-0.2, -0.15) is 0 Å². The Labute approximate surface area is 314 Å². The summed E-state index contributed by atoms with van der Waals surface area (Å²) in [6, 6.07) is 7.74. The van der Waals surface area contributed by atoms with E-state index in [-0.39, 0.29) is 36.0 Å². The van der Waals surface area contributed by atoms with Crippen LogP contribution in [0.4, 0.5) is 0 Å². The number of carbonyl (C=O) groups is 3. The SMILES string of the molecule is CC(=O)N1C(C)(C)CC(OC(=O)C(Cc2cc(C(C)(C)C)c(O)c(C(C)(C)C)c2)(Cc2cc(C(C)(C)C)c(O)c(C(C)(C)C)c2)C(C)=O)CC1(C)C. The van der Waals surface area contributed by atoms with Gasteiger partial charge in [0.1, 0.15) is 28.8 Å². The summed E-state index contributed by atoms with van der Waals surface area (Å²) in [5, 5.41) is 23.1. The molecule has 1 amide bonds. The number of amides is 1. The number of hydrogen-bond acceptors (Lipinski definition) is 6. The molecule has 0 aliphatic carbocycles. The van der Waals surface area contributed by atoms with E-state index >= 15 is 4.79 Å². The first-order valence-corrected chi connectivity index (χ1v) is 18.9. The summed E-state index contributed by atoms with van der Waals surface area (Å²) in [6.07, 6.45) is 0.446. The molecule has 0 unspecified atom stereocenters. The lowest BCUT2D eigenvalue weighted by molar-refractivity contribution is -0.176. The van der Waals surface area contributed by atoms with Crippen LogP contribution in [0.25, 0.3) is 0 Å². The zero-order chi connectivity index (χ0) is 40.4. The van der Waals surface area contributed by atoms with Crippen molar-refractivity contribution in [1.29, 1.82) is 0 Å². The predicted molar refractivity (Wildman–Crippen MR) is 211 cm³/mol. The maximum atomic E-state index is 15.1. The van der Waals surface area contributed by atoms with Gasteiger partial charge in [0, 0.05) is 30.8 Å². The number of ether oxygens (including phenoxy) is 1. The van der Waals surface area contributed by atoms with Crippen LogP contribution < -0.4 is 0 Å². The van der Waals surface area contributed by atoms with Crippen LogP contribution in [0.5, 0.6) is 11.5 Å². The number of likely N-dealkylation sites (tertiary alicyclic amines) is 1. The fraction of sp³-hybridized carbons (Fsp3) is 0.667. The summed E-state index contributed by atoms with van der Waals surface area (Å²) < 4.78 is 6.50. The third kappa shape index (κ3) is 8.88. The van der Waals surface area contributed by atoms with E-state index in [0.29, 0.717) is 12.8 Å². The maximum Gasteiger partial charge on any atom is 0.320 e. The Bertz CT molecular complexity index is 1530. The second-order valence-electron chi connectivity index (χ2n) is 21.0. The Hall–Kier alpha value is -3.35. The van der Waals surface area contributed by atoms with Crippen molar-refractivity contribution < 1.29 is 29.3 Å². The summed E-state index contributed by atoms with van der Waals surface area (Å²) in [7, 11) is 0. The summed E-state index contributed by atoms with van der Waals surface area (Å²) in [4.78, 5) is 44.1. The van der Waals surface area contributed by atoms with Gasteiger partial charge in [-0.05, 0) is 103 Å². The van der Waals surface area contributed by atoms with E-state index in [1.807, 2.05) is 140 Å². The van der Waals surface area contributed by atoms with Crippen molar-refractivity contribution in [3.63, 3.8) is 0 Å². The smallest absolute Gasteiger partial charge is 0.320 e. The number of esters is 1. The van der Waals surface area contributed by atoms with Gasteiger partial charge in [-0.1, -0.05) is 107 Å². The molecule has 1 saturated heterocycles. The summed E-state index contributed by atoms with van der Waals surface area (Å²) in [6.45, 7) is 35.5. The van der Waals surface area contributed by atoms with Crippen molar-refractivity contribution in [1.82, 2.24) is 4.90 Å². The van der Waals surface area contributed by atoms with E-state index < -0.39 is 50.2 Å². The second-order valence-corrected chi connectivity index (χ2v) is 21.0. The highest BCUT2D eigenvalue weighted by molar-refractivity contribution is 6.03. The molecule has 52 heavy (non-hydrogen) atoms. The fourth-order valence-corrected chi connectivity index (χ4v) is 8.56. The number of nitrogens with zero attached hydrogens (tertiary/aromatic N) is 1. The van der Waals surface area contributed by atoms with Crippen LogP contribution in [0.15, 0.2) is 24.3 Å². The van der Waals surface area contributed by atoms with E-state index in [0.717, 1.165) is 33.4 Å². The van der Waals surface area contributed by atoms with E-state index in [1.165, 1.54) is 6.92 Å². The molecule has 0 bridgehead atoms. The van der Waals surface area contributed by atoms with Crippen LogP contribution in [-0.2, 0) is 53.6 Å². The average Bonchev–Trinajstić information content (AvgIpc) is 2.89. The molecule has 1 aliphatic rings. The van der Waals surface area contributed by atoms with Crippen molar-refractivity contribution in [2.45, 2.75) is 189 Å². The van der Waals surface area contributed by atoms with E-state index in [2.05, 4.69) is 0 Å². The van der Waals surface area contributed by atoms with Gasteiger partial charge in [-0.15, -0.1) is 0 Å². The zero-order valence-electron chi connectivity index (χ0n) is 35.7. The third-order valence-electron chi connectivity index (χ3n) is 10.9. The third-order valence-corrected chi connectivity index (χ3v) is 10.9. The molecule has 290 valence electrons. The summed E-state index contributed by atoms with van der Waals surface area (Å²) in [5.74, 6) is -0.499. The average molecular weight is 720 g/mol. The molecular formula is C45H69NO6. The van der Waals surface area contributed by atoms with Crippen LogP contribution in [0.3, 0.4) is 0 Å². The molecule has 1 fully saturated rings. The molecule has 2 N–H and O–H groups in total. The molecule has 0 radical (unpaired) electrons. The fourth-order valence-electron chi connectivity index (χ4n) is 8.56. The van der Waals surface area contributed by atoms with Crippen molar-refractivity contribution in [3.05, 3.63) is 57.6 Å². The molecule has 1 heterocycles. The lowest BCUT2D eigenvalue weighted by atomic mass is 9.70. The Morgan fingerprint density at radius 1 is 0.635 bits per heavy atom. The Balaban J connectivity index is 2.35. The van der Waals surface area contributed by atoms with Crippen molar-refractivity contribution in [2.24, 2.45) is 5.41 Å². The molecule has 1 aliphatic heterocycles. The molecule has 0 atom stereocenters. The Morgan fingerprint density at radius 3 is 1.15 bits per heavy atom. The minimum atomic E-state index is -1.63. The molecule has 7 nitrogen and oxygen atoms in total. The molecule has 0 aromatic heterocycles. The minimum Gasteiger partial charge on any atom is -0.507 e. The highest BCUT2D eigenvalue weighted by Crippen LogP contribution is 2.46. The van der Waals surface area contributed by atoms with Crippen molar-refractivity contribution in [2.75, 3.05) is 0 Å². The standard InChI is InChI=1S/C45H69NO6/c1-27(47)45(23-29-19-32(39(3,4)5)36(49)33(20-29)40(6,7)8,24-30-21-34(41(9,10)11)37(50)35(22-30)42(12,13)14)38(51)52-31-25-43(15,16)46(28(2)48)44(17,18)26-31/h19-22,31,49-50H,23-26H2,1-18H3. The molecular weight excluding hydrogens is 650 g/mol. The van der Waals surface area contributed by atoms with E-state index in [9.17, 15) is 19.8 Å². The van der Waals surface area contributed by atoms with Crippen molar-refractivity contribution in [3.8, 4) is 11.5 Å². The first-order valence-electron chi connectivity index (χ1n) is 18.9. The largest absolute Gasteiger partial charge is 0.507 e. The molecule has 2 aromatic rings. The lowest BCUT2D eigenvalue weighted by Gasteiger charge is -2.54. The number of benzene rings is 2. The molecule has 7 heteroatoms. The first kappa shape index (κ1) is 43.1. The number of phenolic OH excluding ortho intramolecular Hbond substituents is 2. The van der Waals surface area contributed by atoms with E-state index in [4.69, 9.17) is 4.74 Å². The predicted octanol–water partition coefficient (Wildman–Crippen LogP) is 9.76. The number of phenols is 2. The number of aromatic hydroxyl groups is 2. The Kier molecular flexibility index (Phi) is 11.4. The number of hydrogen-bond donors (Lipinski definition) is 2. The van der Waals surface area contributed by atoms with Crippen LogP contribution in [0.1, 0.15) is 171 Å². The summed E-state index contributed by atoms with van der Waals surface area (Å²) >= 11 is 0. The molecule has 0 spiro atoms. The minimum absolute atomic E-state index is 0.0360. The molecule has 0 saturated carbocycles. The van der Waals surface area contributed by atoms with Gasteiger partial charge in [0.2, 0.25) is 5.91 Å². The highest BCUT2D eigenvalue weighted by atomic mass is 16.5. The van der Waals surface area contributed by atoms with Crippen molar-refractivity contribution >= 4 is 17.7 Å². The zero-order valence-corrected chi connectivity index (χ0v) is 35.7. The van der Waals surface area contributed by atoms with Crippen LogP contribution in [0.2, 0.25) is 0 Å². The van der Waals surface area contributed by atoms with Gasteiger partial charge in [0.15, 0.2) is 0 Å². The topological polar surface area (TPSA) is 104 Å². The van der Waals surface area contributed by atoms with E-state index in [1.54, 1.807) is 6.92 Å². The van der Waals surface area contributed by atoms with Gasteiger partial charge < -0.3 is 19.8 Å².